The fourth-order valence-electron chi connectivity index (χ4n) is 3.73. The molecule has 5 rings (SSSR count). The highest BCUT2D eigenvalue weighted by Gasteiger charge is 2.27. The number of oxazole rings is 1. The van der Waals surface area contributed by atoms with Crippen molar-refractivity contribution in [3.63, 3.8) is 0 Å². The van der Waals surface area contributed by atoms with Gasteiger partial charge in [-0.3, -0.25) is 9.78 Å². The lowest BCUT2D eigenvalue weighted by atomic mass is 10.1. The molecule has 0 radical (unpaired) electrons. The zero-order valence-electron chi connectivity index (χ0n) is 15.3. The van der Waals surface area contributed by atoms with E-state index in [4.69, 9.17) is 4.42 Å². The van der Waals surface area contributed by atoms with Gasteiger partial charge in [-0.05, 0) is 23.8 Å². The fourth-order valence-corrected chi connectivity index (χ4v) is 3.73. The molecule has 138 valence electrons. The first-order valence-corrected chi connectivity index (χ1v) is 9.42. The van der Waals surface area contributed by atoms with E-state index in [1.54, 1.807) is 6.20 Å². The summed E-state index contributed by atoms with van der Waals surface area (Å²) in [5, 5.41) is 0.880. The Bertz CT molecular complexity index is 1150. The summed E-state index contributed by atoms with van der Waals surface area (Å²) in [7, 11) is 0. The van der Waals surface area contributed by atoms with Gasteiger partial charge < -0.3 is 9.32 Å². The SMILES string of the molecule is O=C(c1cccc2ncccc12)N1CCc2oc(Cc3ccccc3)nc2C1. The molecule has 0 aliphatic carbocycles. The van der Waals surface area contributed by atoms with Gasteiger partial charge in [0.25, 0.3) is 5.91 Å². The van der Waals surface area contributed by atoms with Gasteiger partial charge in [-0.25, -0.2) is 4.98 Å². The van der Waals surface area contributed by atoms with E-state index in [1.165, 1.54) is 0 Å². The average Bonchev–Trinajstić information content (AvgIpc) is 3.15. The number of carbonyl (C=O) groups excluding carboxylic acids is 1. The Hall–Kier alpha value is -3.47. The molecule has 1 amide bonds. The standard InChI is InChI=1S/C23H19N3O2/c27-23(18-8-4-10-19-17(18)9-5-12-24-19)26-13-11-21-20(15-26)25-22(28-21)14-16-6-2-1-3-7-16/h1-10,12H,11,13-15H2. The van der Waals surface area contributed by atoms with Crippen molar-refractivity contribution < 1.29 is 9.21 Å². The second-order valence-corrected chi connectivity index (χ2v) is 6.99. The molecular formula is C23H19N3O2. The molecule has 0 unspecified atom stereocenters. The summed E-state index contributed by atoms with van der Waals surface area (Å²) >= 11 is 0. The van der Waals surface area contributed by atoms with Crippen LogP contribution >= 0.6 is 0 Å². The van der Waals surface area contributed by atoms with Gasteiger partial charge in [-0.2, -0.15) is 0 Å². The van der Waals surface area contributed by atoms with Gasteiger partial charge in [0.1, 0.15) is 11.5 Å². The minimum atomic E-state index is 0.0110. The summed E-state index contributed by atoms with van der Waals surface area (Å²) < 4.78 is 5.95. The van der Waals surface area contributed by atoms with E-state index in [1.807, 2.05) is 53.4 Å². The number of pyridine rings is 1. The summed E-state index contributed by atoms with van der Waals surface area (Å²) in [6, 6.07) is 19.6. The number of amides is 1. The normalized spacial score (nSPS) is 13.5. The monoisotopic (exact) mass is 369 g/mol. The second kappa shape index (κ2) is 6.93. The van der Waals surface area contributed by atoms with E-state index < -0.39 is 0 Å². The predicted octanol–water partition coefficient (Wildman–Crippen LogP) is 4.01. The van der Waals surface area contributed by atoms with Gasteiger partial charge in [-0.15, -0.1) is 0 Å². The van der Waals surface area contributed by atoms with Crippen molar-refractivity contribution in [2.45, 2.75) is 19.4 Å². The summed E-state index contributed by atoms with van der Waals surface area (Å²) in [6.07, 6.45) is 3.09. The van der Waals surface area contributed by atoms with E-state index in [2.05, 4.69) is 22.1 Å². The number of benzene rings is 2. The van der Waals surface area contributed by atoms with Gasteiger partial charge >= 0.3 is 0 Å². The maximum atomic E-state index is 13.2. The second-order valence-electron chi connectivity index (χ2n) is 6.99. The van der Waals surface area contributed by atoms with Crippen LogP contribution in [0.5, 0.6) is 0 Å². The van der Waals surface area contributed by atoms with Crippen LogP contribution in [0.2, 0.25) is 0 Å². The third-order valence-electron chi connectivity index (χ3n) is 5.13. The van der Waals surface area contributed by atoms with Gasteiger partial charge in [0, 0.05) is 36.5 Å². The highest BCUT2D eigenvalue weighted by molar-refractivity contribution is 6.06. The van der Waals surface area contributed by atoms with Crippen LogP contribution in [0.15, 0.2) is 71.3 Å². The third kappa shape index (κ3) is 3.05. The van der Waals surface area contributed by atoms with Gasteiger partial charge in [0.05, 0.1) is 12.1 Å². The number of carbonyl (C=O) groups is 1. The van der Waals surface area contributed by atoms with Crippen LogP contribution in [0.1, 0.15) is 33.3 Å². The number of nitrogens with zero attached hydrogens (tertiary/aromatic N) is 3. The first-order chi connectivity index (χ1) is 13.8. The molecular weight excluding hydrogens is 350 g/mol. The lowest BCUT2D eigenvalue weighted by Gasteiger charge is -2.25. The van der Waals surface area contributed by atoms with Crippen molar-refractivity contribution in [1.29, 1.82) is 0 Å². The van der Waals surface area contributed by atoms with E-state index >= 15 is 0 Å². The Labute approximate surface area is 162 Å². The molecule has 0 fully saturated rings. The summed E-state index contributed by atoms with van der Waals surface area (Å²) in [5.41, 5.74) is 3.54. The molecule has 2 aromatic carbocycles. The molecule has 1 aliphatic heterocycles. The molecule has 0 bridgehead atoms. The Balaban J connectivity index is 1.39. The van der Waals surface area contributed by atoms with Crippen LogP contribution in [-0.2, 0) is 19.4 Å². The van der Waals surface area contributed by atoms with Crippen LogP contribution < -0.4 is 0 Å². The largest absolute Gasteiger partial charge is 0.445 e. The fraction of sp³-hybridized carbons (Fsp3) is 0.174. The highest BCUT2D eigenvalue weighted by atomic mass is 16.4. The molecule has 28 heavy (non-hydrogen) atoms. The van der Waals surface area contributed by atoms with Crippen LogP contribution in [0.25, 0.3) is 10.9 Å². The zero-order chi connectivity index (χ0) is 18.9. The lowest BCUT2D eigenvalue weighted by Crippen LogP contribution is -2.35. The molecule has 5 heteroatoms. The summed E-state index contributed by atoms with van der Waals surface area (Å²) in [6.45, 7) is 1.10. The minimum absolute atomic E-state index is 0.0110. The maximum absolute atomic E-state index is 13.2. The molecule has 0 saturated heterocycles. The quantitative estimate of drug-likeness (QED) is 0.547. The first kappa shape index (κ1) is 16.7. The summed E-state index contributed by atoms with van der Waals surface area (Å²) in [4.78, 5) is 24.0. The van der Waals surface area contributed by atoms with Crippen LogP contribution in [0.3, 0.4) is 0 Å². The molecule has 4 aromatic rings. The zero-order valence-corrected chi connectivity index (χ0v) is 15.3. The number of rotatable bonds is 3. The first-order valence-electron chi connectivity index (χ1n) is 9.42. The van der Waals surface area contributed by atoms with Gasteiger partial charge in [0.15, 0.2) is 5.89 Å². The topological polar surface area (TPSA) is 59.2 Å². The van der Waals surface area contributed by atoms with Crippen molar-refractivity contribution in [3.05, 3.63) is 95.3 Å². The van der Waals surface area contributed by atoms with Crippen molar-refractivity contribution in [3.8, 4) is 0 Å². The molecule has 0 N–H and O–H groups in total. The van der Waals surface area contributed by atoms with Crippen molar-refractivity contribution in [2.24, 2.45) is 0 Å². The molecule has 0 atom stereocenters. The van der Waals surface area contributed by atoms with Gasteiger partial charge in [0.2, 0.25) is 0 Å². The Morgan fingerprint density at radius 1 is 1.04 bits per heavy atom. The van der Waals surface area contributed by atoms with E-state index in [-0.39, 0.29) is 5.91 Å². The maximum Gasteiger partial charge on any atom is 0.254 e. The number of aromatic nitrogens is 2. The smallest absolute Gasteiger partial charge is 0.254 e. The number of hydrogen-bond donors (Lipinski definition) is 0. The van der Waals surface area contributed by atoms with E-state index in [0.29, 0.717) is 37.4 Å². The lowest BCUT2D eigenvalue weighted by molar-refractivity contribution is 0.0730. The predicted molar refractivity (Wildman–Crippen MR) is 106 cm³/mol. The molecule has 0 saturated carbocycles. The molecule has 3 heterocycles. The van der Waals surface area contributed by atoms with Crippen LogP contribution in [-0.4, -0.2) is 27.3 Å². The number of fused-ring (bicyclic) bond motifs is 2. The van der Waals surface area contributed by atoms with Crippen molar-refractivity contribution in [2.75, 3.05) is 6.54 Å². The van der Waals surface area contributed by atoms with Gasteiger partial charge in [-0.1, -0.05) is 42.5 Å². The Morgan fingerprint density at radius 2 is 1.93 bits per heavy atom. The Morgan fingerprint density at radius 3 is 2.82 bits per heavy atom. The average molecular weight is 369 g/mol. The Kier molecular flexibility index (Phi) is 4.13. The molecule has 5 nitrogen and oxygen atoms in total. The molecule has 2 aromatic heterocycles. The third-order valence-corrected chi connectivity index (χ3v) is 5.13. The van der Waals surface area contributed by atoms with Crippen molar-refractivity contribution >= 4 is 16.8 Å². The van der Waals surface area contributed by atoms with E-state index in [9.17, 15) is 4.79 Å². The van der Waals surface area contributed by atoms with Crippen LogP contribution in [0, 0.1) is 0 Å². The molecule has 1 aliphatic rings. The van der Waals surface area contributed by atoms with E-state index in [0.717, 1.165) is 27.9 Å². The van der Waals surface area contributed by atoms with Crippen LogP contribution in [0.4, 0.5) is 0 Å². The van der Waals surface area contributed by atoms with Crippen molar-refractivity contribution in [1.82, 2.24) is 14.9 Å². The molecule has 0 spiro atoms. The summed E-state index contributed by atoms with van der Waals surface area (Å²) in [5.74, 6) is 1.62. The number of hydrogen-bond acceptors (Lipinski definition) is 4. The minimum Gasteiger partial charge on any atom is -0.445 e. The highest BCUT2D eigenvalue weighted by Crippen LogP contribution is 2.25.